The molecule has 0 fully saturated rings. The van der Waals surface area contributed by atoms with Crippen LogP contribution in [0.3, 0.4) is 0 Å². The van der Waals surface area contributed by atoms with Gasteiger partial charge < -0.3 is 9.52 Å². The number of nitrogens with zero attached hydrogens (tertiary/aromatic N) is 2. The number of phenolic OH excluding ortho intramolecular Hbond substituents is 1. The smallest absolute Gasteiger partial charge is 0.227 e. The second-order valence-electron chi connectivity index (χ2n) is 6.31. The molecule has 0 spiro atoms. The molecule has 128 valence electrons. The number of aliphatic imine (C=N–C) groups is 1. The van der Waals surface area contributed by atoms with Crippen LogP contribution in [-0.4, -0.2) is 16.3 Å². The van der Waals surface area contributed by atoms with Crippen LogP contribution in [0.4, 0.5) is 5.69 Å². The van der Waals surface area contributed by atoms with Gasteiger partial charge in [-0.1, -0.05) is 29.8 Å². The summed E-state index contributed by atoms with van der Waals surface area (Å²) in [5.74, 6) is 0.815. The first-order chi connectivity index (χ1) is 12.6. The average molecular weight is 342 g/mol. The van der Waals surface area contributed by atoms with E-state index in [0.29, 0.717) is 11.5 Å². The van der Waals surface area contributed by atoms with Crippen molar-refractivity contribution in [3.63, 3.8) is 0 Å². The van der Waals surface area contributed by atoms with Crippen LogP contribution in [0.2, 0.25) is 0 Å². The number of aromatic hydroxyl groups is 1. The van der Waals surface area contributed by atoms with E-state index in [-0.39, 0.29) is 5.75 Å². The fourth-order valence-corrected chi connectivity index (χ4v) is 2.91. The highest BCUT2D eigenvalue weighted by molar-refractivity contribution is 5.87. The van der Waals surface area contributed by atoms with Crippen molar-refractivity contribution in [3.05, 3.63) is 77.4 Å². The molecule has 4 aromatic rings. The van der Waals surface area contributed by atoms with E-state index in [9.17, 15) is 5.11 Å². The second-order valence-corrected chi connectivity index (χ2v) is 6.31. The van der Waals surface area contributed by atoms with Gasteiger partial charge in [0.05, 0.1) is 5.69 Å². The molecular formula is C22H18N2O2. The van der Waals surface area contributed by atoms with Gasteiger partial charge in [-0.3, -0.25) is 4.99 Å². The van der Waals surface area contributed by atoms with Gasteiger partial charge >= 0.3 is 0 Å². The van der Waals surface area contributed by atoms with Gasteiger partial charge in [-0.25, -0.2) is 4.98 Å². The first-order valence-corrected chi connectivity index (χ1v) is 8.40. The Kier molecular flexibility index (Phi) is 4.01. The standard InChI is InChI=1S/C22H18N2O2/c1-14-7-9-18(15(2)11-14)22-24-19-12-17(8-10-21(19)26-22)23-13-16-5-3-4-6-20(16)25/h3-13,25H,1-2H3. The molecule has 0 atom stereocenters. The summed E-state index contributed by atoms with van der Waals surface area (Å²) in [6.07, 6.45) is 1.64. The molecule has 26 heavy (non-hydrogen) atoms. The second kappa shape index (κ2) is 6.48. The fraction of sp³-hybridized carbons (Fsp3) is 0.0909. The highest BCUT2D eigenvalue weighted by Gasteiger charge is 2.11. The van der Waals surface area contributed by atoms with Crippen LogP contribution < -0.4 is 0 Å². The zero-order valence-corrected chi connectivity index (χ0v) is 14.6. The molecule has 4 heteroatoms. The number of aromatic nitrogens is 1. The summed E-state index contributed by atoms with van der Waals surface area (Å²) in [5.41, 5.74) is 6.24. The molecule has 0 aliphatic rings. The van der Waals surface area contributed by atoms with Gasteiger partial charge in [-0.2, -0.15) is 0 Å². The Morgan fingerprint density at radius 2 is 1.85 bits per heavy atom. The number of rotatable bonds is 3. The van der Waals surface area contributed by atoms with Crippen molar-refractivity contribution in [2.75, 3.05) is 0 Å². The topological polar surface area (TPSA) is 58.6 Å². The predicted octanol–water partition coefficient (Wildman–Crippen LogP) is 5.57. The molecular weight excluding hydrogens is 324 g/mol. The van der Waals surface area contributed by atoms with Crippen molar-refractivity contribution in [2.24, 2.45) is 4.99 Å². The molecule has 0 saturated heterocycles. The molecule has 1 aromatic heterocycles. The maximum Gasteiger partial charge on any atom is 0.227 e. The molecule has 0 unspecified atom stereocenters. The maximum atomic E-state index is 9.82. The van der Waals surface area contributed by atoms with Crippen LogP contribution in [0.15, 0.2) is 70.1 Å². The number of fused-ring (bicyclic) bond motifs is 1. The molecule has 1 N–H and O–H groups in total. The minimum atomic E-state index is 0.205. The molecule has 0 saturated carbocycles. The number of hydrogen-bond donors (Lipinski definition) is 1. The molecule has 3 aromatic carbocycles. The average Bonchev–Trinajstić information content (AvgIpc) is 3.04. The third kappa shape index (κ3) is 3.09. The summed E-state index contributed by atoms with van der Waals surface area (Å²) in [6.45, 7) is 4.12. The Bertz CT molecular complexity index is 1130. The molecule has 0 amide bonds. The van der Waals surface area contributed by atoms with E-state index >= 15 is 0 Å². The first-order valence-electron chi connectivity index (χ1n) is 8.40. The predicted molar refractivity (Wildman–Crippen MR) is 104 cm³/mol. The number of hydrogen-bond acceptors (Lipinski definition) is 4. The minimum Gasteiger partial charge on any atom is -0.507 e. The van der Waals surface area contributed by atoms with Crippen molar-refractivity contribution in [1.29, 1.82) is 0 Å². The number of benzene rings is 3. The van der Waals surface area contributed by atoms with Gasteiger partial charge in [0.25, 0.3) is 0 Å². The third-order valence-corrected chi connectivity index (χ3v) is 4.27. The van der Waals surface area contributed by atoms with E-state index in [0.717, 1.165) is 27.9 Å². The van der Waals surface area contributed by atoms with Crippen molar-refractivity contribution >= 4 is 23.0 Å². The monoisotopic (exact) mass is 342 g/mol. The number of para-hydroxylation sites is 1. The van der Waals surface area contributed by atoms with Crippen LogP contribution in [0, 0.1) is 13.8 Å². The molecule has 1 heterocycles. The van der Waals surface area contributed by atoms with Gasteiger partial charge in [-0.15, -0.1) is 0 Å². The summed E-state index contributed by atoms with van der Waals surface area (Å²) in [7, 11) is 0. The summed E-state index contributed by atoms with van der Waals surface area (Å²) in [6, 6.07) is 18.9. The zero-order chi connectivity index (χ0) is 18.1. The van der Waals surface area contributed by atoms with E-state index in [1.165, 1.54) is 5.56 Å². The van der Waals surface area contributed by atoms with Crippen LogP contribution in [-0.2, 0) is 0 Å². The fourth-order valence-electron chi connectivity index (χ4n) is 2.91. The van der Waals surface area contributed by atoms with Crippen LogP contribution in [0.1, 0.15) is 16.7 Å². The van der Waals surface area contributed by atoms with Crippen molar-refractivity contribution in [3.8, 4) is 17.2 Å². The summed E-state index contributed by atoms with van der Waals surface area (Å²) < 4.78 is 5.91. The van der Waals surface area contributed by atoms with E-state index in [4.69, 9.17) is 4.42 Å². The quantitative estimate of drug-likeness (QED) is 0.495. The highest BCUT2D eigenvalue weighted by atomic mass is 16.3. The summed E-state index contributed by atoms with van der Waals surface area (Å²) in [5, 5.41) is 9.82. The molecule has 0 radical (unpaired) electrons. The Morgan fingerprint density at radius 1 is 1.00 bits per heavy atom. The number of phenols is 1. The van der Waals surface area contributed by atoms with Crippen LogP contribution >= 0.6 is 0 Å². The molecule has 4 nitrogen and oxygen atoms in total. The number of aryl methyl sites for hydroxylation is 2. The Hall–Kier alpha value is -3.40. The zero-order valence-electron chi connectivity index (χ0n) is 14.6. The lowest BCUT2D eigenvalue weighted by Crippen LogP contribution is -1.84. The first kappa shape index (κ1) is 16.1. The van der Waals surface area contributed by atoms with E-state index in [1.54, 1.807) is 18.3 Å². The molecule has 0 bridgehead atoms. The van der Waals surface area contributed by atoms with Gasteiger partial charge in [-0.05, 0) is 55.8 Å². The van der Waals surface area contributed by atoms with Crippen LogP contribution in [0.5, 0.6) is 5.75 Å². The number of oxazole rings is 1. The van der Waals surface area contributed by atoms with E-state index in [1.807, 2.05) is 36.4 Å². The van der Waals surface area contributed by atoms with Crippen molar-refractivity contribution in [2.45, 2.75) is 13.8 Å². The normalized spacial score (nSPS) is 11.5. The van der Waals surface area contributed by atoms with Gasteiger partial charge in [0.2, 0.25) is 5.89 Å². The lowest BCUT2D eigenvalue weighted by atomic mass is 10.1. The van der Waals surface area contributed by atoms with E-state index in [2.05, 4.69) is 36.0 Å². The lowest BCUT2D eigenvalue weighted by molar-refractivity contribution is 0.474. The molecule has 0 aliphatic carbocycles. The summed E-state index contributed by atoms with van der Waals surface area (Å²) >= 11 is 0. The van der Waals surface area contributed by atoms with Gasteiger partial charge in [0.15, 0.2) is 5.58 Å². The van der Waals surface area contributed by atoms with Gasteiger partial charge in [0.1, 0.15) is 11.3 Å². The van der Waals surface area contributed by atoms with Crippen molar-refractivity contribution < 1.29 is 9.52 Å². The Labute approximate surface area is 151 Å². The highest BCUT2D eigenvalue weighted by Crippen LogP contribution is 2.29. The Balaban J connectivity index is 1.69. The van der Waals surface area contributed by atoms with Crippen LogP contribution in [0.25, 0.3) is 22.6 Å². The minimum absolute atomic E-state index is 0.205. The van der Waals surface area contributed by atoms with E-state index < -0.39 is 0 Å². The summed E-state index contributed by atoms with van der Waals surface area (Å²) in [4.78, 5) is 9.05. The SMILES string of the molecule is Cc1ccc(-c2nc3cc(N=Cc4ccccc4O)ccc3o2)c(C)c1. The van der Waals surface area contributed by atoms with Gasteiger partial charge in [0, 0.05) is 17.3 Å². The molecule has 0 aliphatic heterocycles. The lowest BCUT2D eigenvalue weighted by Gasteiger charge is -2.01. The molecule has 4 rings (SSSR count). The third-order valence-electron chi connectivity index (χ3n) is 4.27. The maximum absolute atomic E-state index is 9.82. The van der Waals surface area contributed by atoms with Crippen molar-refractivity contribution in [1.82, 2.24) is 4.98 Å². The largest absolute Gasteiger partial charge is 0.507 e. The Morgan fingerprint density at radius 3 is 2.65 bits per heavy atom.